The van der Waals surface area contributed by atoms with Crippen LogP contribution >= 0.6 is 11.6 Å². The summed E-state index contributed by atoms with van der Waals surface area (Å²) < 4.78 is 54.2. The van der Waals surface area contributed by atoms with E-state index in [2.05, 4.69) is 22.1 Å². The molecule has 0 unspecified atom stereocenters. The number of rotatable bonds is 6. The molecular weight excluding hydrogens is 532 g/mol. The van der Waals surface area contributed by atoms with Crippen LogP contribution in [-0.2, 0) is 26.6 Å². The zero-order chi connectivity index (χ0) is 26.5. The molecule has 200 valence electrons. The van der Waals surface area contributed by atoms with Crippen molar-refractivity contribution in [1.29, 1.82) is 0 Å². The van der Waals surface area contributed by atoms with Crippen molar-refractivity contribution in [3.05, 3.63) is 58.7 Å². The molecule has 1 aromatic heterocycles. The largest absolute Gasteiger partial charge is 0.361 e. The Balaban J connectivity index is 1.31. The van der Waals surface area contributed by atoms with Gasteiger partial charge in [0.2, 0.25) is 0 Å². The number of piperidine rings is 1. The van der Waals surface area contributed by atoms with Crippen molar-refractivity contribution in [2.24, 2.45) is 0 Å². The second-order valence-corrected chi connectivity index (χ2v) is 14.6. The number of nitrogens with one attached hydrogen (secondary N) is 1. The smallest absolute Gasteiger partial charge is 0.304 e. The minimum atomic E-state index is -3.72. The topological polar surface area (TPSA) is 93.8 Å². The zero-order valence-electron chi connectivity index (χ0n) is 21.3. The molecule has 0 aliphatic carbocycles. The van der Waals surface area contributed by atoms with Gasteiger partial charge in [-0.3, -0.25) is 4.31 Å². The SMILES string of the molecule is CC(C)N1Cc2cc(S(C)(=O)=O)ccc2N(CCN2CCC(c3c[nH]c4cc(Cl)ccc34)CC2)S1(=O)=O. The molecule has 1 fully saturated rings. The molecule has 3 aromatic rings. The van der Waals surface area contributed by atoms with Gasteiger partial charge in [-0.05, 0) is 87.2 Å². The highest BCUT2D eigenvalue weighted by atomic mass is 35.5. The van der Waals surface area contributed by atoms with Crippen LogP contribution in [0.3, 0.4) is 0 Å². The lowest BCUT2D eigenvalue weighted by atomic mass is 9.89. The Morgan fingerprint density at radius 1 is 1.08 bits per heavy atom. The lowest BCUT2D eigenvalue weighted by Crippen LogP contribution is -2.52. The number of hydrogen-bond donors (Lipinski definition) is 1. The number of hydrogen-bond acceptors (Lipinski definition) is 5. The summed E-state index contributed by atoms with van der Waals surface area (Å²) in [6, 6.07) is 10.5. The van der Waals surface area contributed by atoms with E-state index >= 15 is 0 Å². The Hall–Kier alpha value is -2.11. The van der Waals surface area contributed by atoms with Crippen molar-refractivity contribution in [2.75, 3.05) is 36.7 Å². The Bertz CT molecular complexity index is 1530. The lowest BCUT2D eigenvalue weighted by Gasteiger charge is -2.40. The van der Waals surface area contributed by atoms with E-state index in [4.69, 9.17) is 11.6 Å². The van der Waals surface area contributed by atoms with Gasteiger partial charge in [-0.25, -0.2) is 8.42 Å². The molecule has 0 bridgehead atoms. The number of aromatic nitrogens is 1. The van der Waals surface area contributed by atoms with Gasteiger partial charge in [0.05, 0.1) is 10.6 Å². The molecule has 0 spiro atoms. The number of nitrogens with zero attached hydrogens (tertiary/aromatic N) is 3. The summed E-state index contributed by atoms with van der Waals surface area (Å²) >= 11 is 6.13. The molecule has 0 saturated carbocycles. The third-order valence-corrected chi connectivity index (χ3v) is 11.0. The highest BCUT2D eigenvalue weighted by molar-refractivity contribution is 7.91. The van der Waals surface area contributed by atoms with E-state index < -0.39 is 20.0 Å². The second-order valence-electron chi connectivity index (χ2n) is 10.3. The Kier molecular flexibility index (Phi) is 7.08. The minimum Gasteiger partial charge on any atom is -0.361 e. The van der Waals surface area contributed by atoms with Crippen LogP contribution in [0.15, 0.2) is 47.5 Å². The Labute approximate surface area is 224 Å². The fraction of sp³-hybridized carbons (Fsp3) is 0.462. The quantitative estimate of drug-likeness (QED) is 0.479. The van der Waals surface area contributed by atoms with E-state index in [1.54, 1.807) is 12.1 Å². The van der Waals surface area contributed by atoms with Gasteiger partial charge in [0.15, 0.2) is 9.84 Å². The maximum Gasteiger partial charge on any atom is 0.304 e. The van der Waals surface area contributed by atoms with Crippen molar-refractivity contribution in [2.45, 2.75) is 50.1 Å². The molecule has 0 radical (unpaired) electrons. The predicted octanol–water partition coefficient (Wildman–Crippen LogP) is 4.38. The summed E-state index contributed by atoms with van der Waals surface area (Å²) in [7, 11) is -7.12. The van der Waals surface area contributed by atoms with E-state index in [0.29, 0.717) is 35.3 Å². The van der Waals surface area contributed by atoms with E-state index in [9.17, 15) is 16.8 Å². The van der Waals surface area contributed by atoms with Crippen LogP contribution in [0.4, 0.5) is 5.69 Å². The fourth-order valence-electron chi connectivity index (χ4n) is 5.51. The molecule has 5 rings (SSSR count). The standard InChI is InChI=1S/C26H33ClN4O4S2/c1-18(2)31-17-20-14-22(36(3,32)33)5-7-26(20)30(37(31,34)35)13-12-29-10-8-19(9-11-29)24-16-28-25-15-21(27)4-6-23(24)25/h4-7,14-16,18-19,28H,8-13,17H2,1-3H3. The first-order chi connectivity index (χ1) is 17.4. The second kappa shape index (κ2) is 9.89. The summed E-state index contributed by atoms with van der Waals surface area (Å²) in [5.74, 6) is 0.441. The van der Waals surface area contributed by atoms with Gasteiger partial charge >= 0.3 is 10.2 Å². The van der Waals surface area contributed by atoms with Crippen molar-refractivity contribution in [3.8, 4) is 0 Å². The Morgan fingerprint density at radius 2 is 1.81 bits per heavy atom. The third kappa shape index (κ3) is 5.14. The van der Waals surface area contributed by atoms with Gasteiger partial charge < -0.3 is 9.88 Å². The molecule has 1 saturated heterocycles. The molecule has 2 aromatic carbocycles. The van der Waals surface area contributed by atoms with Crippen LogP contribution in [0.1, 0.15) is 43.7 Å². The highest BCUT2D eigenvalue weighted by Gasteiger charge is 2.38. The summed E-state index contributed by atoms with van der Waals surface area (Å²) in [5, 5.41) is 1.93. The van der Waals surface area contributed by atoms with E-state index in [1.807, 2.05) is 26.0 Å². The normalized spacial score (nSPS) is 19.5. The molecule has 8 nitrogen and oxygen atoms in total. The van der Waals surface area contributed by atoms with Crippen LogP contribution in [0.5, 0.6) is 0 Å². The average molecular weight is 565 g/mol. The van der Waals surface area contributed by atoms with E-state index in [1.165, 1.54) is 31.9 Å². The molecule has 2 aliphatic heterocycles. The van der Waals surface area contributed by atoms with Crippen LogP contribution in [0, 0.1) is 0 Å². The summed E-state index contributed by atoms with van der Waals surface area (Å²) in [4.78, 5) is 5.86. The van der Waals surface area contributed by atoms with E-state index in [-0.39, 0.29) is 17.5 Å². The van der Waals surface area contributed by atoms with Gasteiger partial charge in [0.25, 0.3) is 0 Å². The van der Waals surface area contributed by atoms with Crippen LogP contribution in [-0.4, -0.2) is 69.5 Å². The zero-order valence-corrected chi connectivity index (χ0v) is 23.7. The number of H-pyrrole nitrogens is 1. The summed E-state index contributed by atoms with van der Waals surface area (Å²) in [5.41, 5.74) is 3.64. The molecule has 3 heterocycles. The average Bonchev–Trinajstić information content (AvgIpc) is 3.25. The molecular formula is C26H33ClN4O4S2. The lowest BCUT2D eigenvalue weighted by molar-refractivity contribution is 0.217. The van der Waals surface area contributed by atoms with Gasteiger partial charge in [0.1, 0.15) is 0 Å². The highest BCUT2D eigenvalue weighted by Crippen LogP contribution is 2.36. The van der Waals surface area contributed by atoms with Crippen molar-refractivity contribution in [3.63, 3.8) is 0 Å². The van der Waals surface area contributed by atoms with E-state index in [0.717, 1.165) is 31.4 Å². The molecule has 0 atom stereocenters. The van der Waals surface area contributed by atoms with Crippen LogP contribution in [0.2, 0.25) is 5.02 Å². The summed E-state index contributed by atoms with van der Waals surface area (Å²) in [6.45, 7) is 6.52. The number of likely N-dealkylation sites (tertiary alicyclic amines) is 1. The number of aromatic amines is 1. The first-order valence-corrected chi connectivity index (χ1v) is 16.2. The van der Waals surface area contributed by atoms with Gasteiger partial charge in [-0.2, -0.15) is 12.7 Å². The number of anilines is 1. The first kappa shape index (κ1) is 26.5. The predicted molar refractivity (Wildman–Crippen MR) is 148 cm³/mol. The Morgan fingerprint density at radius 3 is 2.49 bits per heavy atom. The van der Waals surface area contributed by atoms with Crippen molar-refractivity contribution >= 4 is 48.2 Å². The van der Waals surface area contributed by atoms with Crippen LogP contribution < -0.4 is 4.31 Å². The van der Waals surface area contributed by atoms with Gasteiger partial charge in [-0.15, -0.1) is 0 Å². The molecule has 37 heavy (non-hydrogen) atoms. The van der Waals surface area contributed by atoms with Gasteiger partial charge in [0, 0.05) is 54.1 Å². The molecule has 2 aliphatic rings. The molecule has 0 amide bonds. The fourth-order valence-corrected chi connectivity index (χ4v) is 8.18. The summed E-state index contributed by atoms with van der Waals surface area (Å²) in [6.07, 6.45) is 5.24. The molecule has 11 heteroatoms. The first-order valence-electron chi connectivity index (χ1n) is 12.6. The van der Waals surface area contributed by atoms with Gasteiger partial charge in [-0.1, -0.05) is 17.7 Å². The van der Waals surface area contributed by atoms with Crippen molar-refractivity contribution < 1.29 is 16.8 Å². The monoisotopic (exact) mass is 564 g/mol. The number of sulfone groups is 1. The third-order valence-electron chi connectivity index (χ3n) is 7.55. The number of halogens is 1. The number of benzene rings is 2. The molecule has 1 N–H and O–H groups in total. The van der Waals surface area contributed by atoms with Crippen molar-refractivity contribution in [1.82, 2.24) is 14.2 Å². The van der Waals surface area contributed by atoms with Crippen LogP contribution in [0.25, 0.3) is 10.9 Å². The maximum absolute atomic E-state index is 13.5. The maximum atomic E-state index is 13.5. The minimum absolute atomic E-state index is 0.163. The number of fused-ring (bicyclic) bond motifs is 2.